The van der Waals surface area contributed by atoms with Crippen molar-refractivity contribution in [1.29, 1.82) is 0 Å². The van der Waals surface area contributed by atoms with Crippen LogP contribution in [0.5, 0.6) is 0 Å². The molecule has 0 saturated carbocycles. The second kappa shape index (κ2) is 4.02. The zero-order chi connectivity index (χ0) is 10.8. The van der Waals surface area contributed by atoms with Gasteiger partial charge >= 0.3 is 13.7 Å². The Balaban J connectivity index is 3.14. The van der Waals surface area contributed by atoms with E-state index in [-0.39, 0.29) is 13.0 Å². The standard InChI is InChI=1S/C8H8BF3O2/c10-8(11,12)6-1-2-7(9-14)5(3-6)4-13/h1-3,9,13-14H,4H2. The van der Waals surface area contributed by atoms with Crippen molar-refractivity contribution in [1.82, 2.24) is 0 Å². The molecule has 0 amide bonds. The third-order valence-electron chi connectivity index (χ3n) is 1.87. The van der Waals surface area contributed by atoms with Gasteiger partial charge in [-0.1, -0.05) is 12.1 Å². The van der Waals surface area contributed by atoms with Gasteiger partial charge < -0.3 is 10.1 Å². The fraction of sp³-hybridized carbons (Fsp3) is 0.250. The Kier molecular flexibility index (Phi) is 3.18. The molecule has 0 heterocycles. The Bertz CT molecular complexity index is 325. The summed E-state index contributed by atoms with van der Waals surface area (Å²) in [5.74, 6) is 0. The van der Waals surface area contributed by atoms with Crippen LogP contribution in [-0.4, -0.2) is 17.6 Å². The highest BCUT2D eigenvalue weighted by atomic mass is 19.4. The van der Waals surface area contributed by atoms with E-state index in [1.165, 1.54) is 0 Å². The van der Waals surface area contributed by atoms with Crippen LogP contribution in [-0.2, 0) is 12.8 Å². The van der Waals surface area contributed by atoms with Crippen LogP contribution in [0.15, 0.2) is 18.2 Å². The Hall–Kier alpha value is -1.01. The number of rotatable bonds is 2. The molecule has 0 aliphatic heterocycles. The van der Waals surface area contributed by atoms with Crippen LogP contribution in [0.1, 0.15) is 11.1 Å². The van der Waals surface area contributed by atoms with Gasteiger partial charge in [-0.25, -0.2) is 0 Å². The molecule has 0 aliphatic carbocycles. The first kappa shape index (κ1) is 11.1. The molecule has 0 spiro atoms. The summed E-state index contributed by atoms with van der Waals surface area (Å²) in [6.45, 7) is -0.514. The fourth-order valence-electron chi connectivity index (χ4n) is 1.10. The predicted octanol–water partition coefficient (Wildman–Crippen LogP) is 0.167. The van der Waals surface area contributed by atoms with E-state index in [0.29, 0.717) is 5.46 Å². The van der Waals surface area contributed by atoms with E-state index in [9.17, 15) is 13.2 Å². The normalized spacial score (nSPS) is 11.5. The van der Waals surface area contributed by atoms with E-state index in [1.807, 2.05) is 0 Å². The summed E-state index contributed by atoms with van der Waals surface area (Å²) in [6.07, 6.45) is -4.42. The molecule has 0 atom stereocenters. The van der Waals surface area contributed by atoms with E-state index in [4.69, 9.17) is 10.1 Å². The summed E-state index contributed by atoms with van der Waals surface area (Å²) in [4.78, 5) is 0. The molecule has 1 aromatic carbocycles. The molecule has 0 aliphatic rings. The Morgan fingerprint density at radius 2 is 1.93 bits per heavy atom. The van der Waals surface area contributed by atoms with Crippen molar-refractivity contribution >= 4 is 12.9 Å². The first-order valence-electron chi connectivity index (χ1n) is 3.89. The van der Waals surface area contributed by atoms with Crippen molar-refractivity contribution in [2.75, 3.05) is 0 Å². The highest BCUT2D eigenvalue weighted by molar-refractivity contribution is 6.46. The van der Waals surface area contributed by atoms with E-state index >= 15 is 0 Å². The van der Waals surface area contributed by atoms with Gasteiger partial charge in [0.2, 0.25) is 0 Å². The molecule has 14 heavy (non-hydrogen) atoms. The second-order valence-corrected chi connectivity index (χ2v) is 2.80. The first-order chi connectivity index (χ1) is 6.49. The molecule has 0 saturated heterocycles. The lowest BCUT2D eigenvalue weighted by atomic mass is 9.83. The van der Waals surface area contributed by atoms with Crippen LogP contribution in [0.3, 0.4) is 0 Å². The van der Waals surface area contributed by atoms with Crippen LogP contribution in [0.2, 0.25) is 0 Å². The van der Waals surface area contributed by atoms with Crippen LogP contribution < -0.4 is 5.46 Å². The molecular formula is C8H8BF3O2. The summed E-state index contributed by atoms with van der Waals surface area (Å²) in [7, 11) is -0.381. The van der Waals surface area contributed by atoms with Crippen molar-refractivity contribution in [3.63, 3.8) is 0 Å². The molecule has 6 heteroatoms. The van der Waals surface area contributed by atoms with Crippen LogP contribution >= 0.6 is 0 Å². The van der Waals surface area contributed by atoms with Crippen molar-refractivity contribution in [2.45, 2.75) is 12.8 Å². The van der Waals surface area contributed by atoms with Crippen molar-refractivity contribution < 1.29 is 23.3 Å². The number of alkyl halides is 3. The number of halogens is 3. The monoisotopic (exact) mass is 204 g/mol. The third-order valence-corrected chi connectivity index (χ3v) is 1.87. The summed E-state index contributed by atoms with van der Waals surface area (Å²) >= 11 is 0. The van der Waals surface area contributed by atoms with Crippen LogP contribution in [0.4, 0.5) is 13.2 Å². The molecule has 0 radical (unpaired) electrons. The number of hydrogen-bond acceptors (Lipinski definition) is 2. The maximum Gasteiger partial charge on any atom is 0.416 e. The minimum atomic E-state index is -4.42. The first-order valence-corrected chi connectivity index (χ1v) is 3.89. The smallest absolute Gasteiger partial charge is 0.416 e. The number of aliphatic hydroxyl groups is 1. The highest BCUT2D eigenvalue weighted by Gasteiger charge is 2.30. The molecular weight excluding hydrogens is 196 g/mol. The van der Waals surface area contributed by atoms with E-state index in [1.54, 1.807) is 0 Å². The maximum atomic E-state index is 12.2. The average molecular weight is 204 g/mol. The molecule has 2 N–H and O–H groups in total. The molecule has 0 fully saturated rings. The Morgan fingerprint density at radius 1 is 1.29 bits per heavy atom. The van der Waals surface area contributed by atoms with Gasteiger partial charge in [0.1, 0.15) is 0 Å². The number of aliphatic hydroxyl groups excluding tert-OH is 1. The molecule has 1 rings (SSSR count). The van der Waals surface area contributed by atoms with Crippen molar-refractivity contribution in [2.24, 2.45) is 0 Å². The van der Waals surface area contributed by atoms with Gasteiger partial charge in [-0.05, 0) is 17.1 Å². The minimum Gasteiger partial charge on any atom is -0.449 e. The quantitative estimate of drug-likeness (QED) is 0.674. The lowest BCUT2D eigenvalue weighted by molar-refractivity contribution is -0.137. The molecule has 1 aromatic rings. The lowest BCUT2D eigenvalue weighted by Gasteiger charge is -2.10. The Morgan fingerprint density at radius 3 is 2.36 bits per heavy atom. The van der Waals surface area contributed by atoms with Gasteiger partial charge in [0, 0.05) is 0 Å². The third kappa shape index (κ3) is 2.27. The number of benzene rings is 1. The molecule has 2 nitrogen and oxygen atoms in total. The molecule has 0 aromatic heterocycles. The van der Waals surface area contributed by atoms with Crippen LogP contribution in [0.25, 0.3) is 0 Å². The van der Waals surface area contributed by atoms with E-state index in [2.05, 4.69) is 0 Å². The molecule has 76 valence electrons. The topological polar surface area (TPSA) is 40.5 Å². The fourth-order valence-corrected chi connectivity index (χ4v) is 1.10. The van der Waals surface area contributed by atoms with Crippen molar-refractivity contribution in [3.05, 3.63) is 29.3 Å². The van der Waals surface area contributed by atoms with Crippen LogP contribution in [0, 0.1) is 0 Å². The largest absolute Gasteiger partial charge is 0.449 e. The molecule has 0 unspecified atom stereocenters. The lowest BCUT2D eigenvalue weighted by Crippen LogP contribution is -2.20. The second-order valence-electron chi connectivity index (χ2n) is 2.80. The average Bonchev–Trinajstić information content (AvgIpc) is 2.15. The Labute approximate surface area is 79.3 Å². The zero-order valence-electron chi connectivity index (χ0n) is 7.17. The maximum absolute atomic E-state index is 12.2. The van der Waals surface area contributed by atoms with Gasteiger partial charge in [0.25, 0.3) is 0 Å². The molecule has 0 bridgehead atoms. The zero-order valence-corrected chi connectivity index (χ0v) is 7.17. The van der Waals surface area contributed by atoms with Gasteiger partial charge in [-0.15, -0.1) is 0 Å². The van der Waals surface area contributed by atoms with Gasteiger partial charge in [-0.3, -0.25) is 0 Å². The van der Waals surface area contributed by atoms with Gasteiger partial charge in [0.05, 0.1) is 12.2 Å². The summed E-state index contributed by atoms with van der Waals surface area (Å²) in [5, 5.41) is 17.5. The number of hydrogen-bond donors (Lipinski definition) is 2. The SMILES string of the molecule is OBc1ccc(C(F)(F)F)cc1CO. The summed E-state index contributed by atoms with van der Waals surface area (Å²) in [6, 6.07) is 2.88. The van der Waals surface area contributed by atoms with E-state index in [0.717, 1.165) is 18.2 Å². The van der Waals surface area contributed by atoms with Gasteiger partial charge in [-0.2, -0.15) is 13.2 Å². The highest BCUT2D eigenvalue weighted by Crippen LogP contribution is 2.29. The van der Waals surface area contributed by atoms with E-state index < -0.39 is 18.3 Å². The predicted molar refractivity (Wildman–Crippen MR) is 46.4 cm³/mol. The minimum absolute atomic E-state index is 0.0994. The summed E-state index contributed by atoms with van der Waals surface area (Å²) in [5.41, 5.74) is -0.415. The van der Waals surface area contributed by atoms with Crippen molar-refractivity contribution in [3.8, 4) is 0 Å². The van der Waals surface area contributed by atoms with Gasteiger partial charge in [0.15, 0.2) is 0 Å². The summed E-state index contributed by atoms with van der Waals surface area (Å²) < 4.78 is 36.6.